The van der Waals surface area contributed by atoms with Crippen molar-refractivity contribution in [2.75, 3.05) is 7.11 Å². The molecule has 0 saturated heterocycles. The number of hydrogen-bond donors (Lipinski definition) is 2. The van der Waals surface area contributed by atoms with Gasteiger partial charge in [0.15, 0.2) is 0 Å². The van der Waals surface area contributed by atoms with Crippen molar-refractivity contribution in [3.05, 3.63) is 44.7 Å². The summed E-state index contributed by atoms with van der Waals surface area (Å²) in [5.41, 5.74) is 7.80. The SMILES string of the molecule is COC(=O)/C(C)=C(/C)N(N)C(=O)NCc1c(C)c(C)c(C)c(C)c1C. The summed E-state index contributed by atoms with van der Waals surface area (Å²) in [6.07, 6.45) is 0. The van der Waals surface area contributed by atoms with Crippen LogP contribution in [0.4, 0.5) is 4.79 Å². The molecule has 0 bridgehead atoms. The summed E-state index contributed by atoms with van der Waals surface area (Å²) in [5.74, 6) is 5.32. The number of nitrogens with zero attached hydrogens (tertiary/aromatic N) is 1. The number of benzene rings is 1. The van der Waals surface area contributed by atoms with Crippen molar-refractivity contribution in [2.24, 2.45) is 5.84 Å². The fraction of sp³-hybridized carbons (Fsp3) is 0.474. The number of esters is 1. The van der Waals surface area contributed by atoms with Crippen LogP contribution in [0.15, 0.2) is 11.3 Å². The normalized spacial score (nSPS) is 11.7. The predicted octanol–water partition coefficient (Wildman–Crippen LogP) is 3.08. The summed E-state index contributed by atoms with van der Waals surface area (Å²) >= 11 is 0. The molecule has 1 aromatic carbocycles. The van der Waals surface area contributed by atoms with Crippen LogP contribution in [0.5, 0.6) is 0 Å². The molecule has 25 heavy (non-hydrogen) atoms. The number of nitrogens with one attached hydrogen (secondary N) is 1. The van der Waals surface area contributed by atoms with Crippen molar-refractivity contribution in [1.29, 1.82) is 0 Å². The van der Waals surface area contributed by atoms with Gasteiger partial charge in [-0.15, -0.1) is 0 Å². The zero-order valence-electron chi connectivity index (χ0n) is 16.5. The first-order valence-electron chi connectivity index (χ1n) is 8.18. The number of hydrogen-bond acceptors (Lipinski definition) is 4. The summed E-state index contributed by atoms with van der Waals surface area (Å²) in [5, 5.41) is 3.76. The van der Waals surface area contributed by atoms with Crippen LogP contribution in [0.1, 0.15) is 47.2 Å². The Bertz CT molecular complexity index is 707. The Balaban J connectivity index is 3.00. The van der Waals surface area contributed by atoms with E-state index in [0.29, 0.717) is 12.2 Å². The number of amides is 2. The van der Waals surface area contributed by atoms with Gasteiger partial charge in [-0.05, 0) is 81.8 Å². The van der Waals surface area contributed by atoms with Crippen molar-refractivity contribution in [1.82, 2.24) is 10.3 Å². The Kier molecular flexibility index (Phi) is 6.76. The molecule has 0 fully saturated rings. The van der Waals surface area contributed by atoms with E-state index in [0.717, 1.165) is 10.6 Å². The number of urea groups is 1. The van der Waals surface area contributed by atoms with Gasteiger partial charge in [0.25, 0.3) is 0 Å². The Labute approximate surface area is 150 Å². The molecule has 0 saturated carbocycles. The molecule has 2 amide bonds. The summed E-state index contributed by atoms with van der Waals surface area (Å²) in [7, 11) is 1.29. The molecule has 6 nitrogen and oxygen atoms in total. The van der Waals surface area contributed by atoms with Gasteiger partial charge in [-0.3, -0.25) is 0 Å². The molecule has 3 N–H and O–H groups in total. The minimum absolute atomic E-state index is 0.287. The third-order valence-corrected chi connectivity index (χ3v) is 5.19. The van der Waals surface area contributed by atoms with E-state index < -0.39 is 12.0 Å². The molecule has 1 aromatic rings. The maximum Gasteiger partial charge on any atom is 0.336 e. The molecule has 0 radical (unpaired) electrons. The highest BCUT2D eigenvalue weighted by Crippen LogP contribution is 2.25. The minimum atomic E-state index is -0.516. The van der Waals surface area contributed by atoms with Crippen molar-refractivity contribution >= 4 is 12.0 Å². The third kappa shape index (κ3) is 4.20. The number of carbonyl (C=O) groups is 2. The largest absolute Gasteiger partial charge is 0.466 e. The molecule has 0 aliphatic heterocycles. The van der Waals surface area contributed by atoms with Crippen molar-refractivity contribution in [3.63, 3.8) is 0 Å². The lowest BCUT2D eigenvalue weighted by molar-refractivity contribution is -0.136. The van der Waals surface area contributed by atoms with Crippen LogP contribution >= 0.6 is 0 Å². The maximum atomic E-state index is 12.3. The van der Waals surface area contributed by atoms with Crippen LogP contribution in [0.25, 0.3) is 0 Å². The van der Waals surface area contributed by atoms with Gasteiger partial charge in [-0.25, -0.2) is 20.4 Å². The smallest absolute Gasteiger partial charge is 0.336 e. The van der Waals surface area contributed by atoms with Gasteiger partial charge in [-0.1, -0.05) is 0 Å². The van der Waals surface area contributed by atoms with Crippen molar-refractivity contribution in [3.8, 4) is 0 Å². The van der Waals surface area contributed by atoms with Crippen molar-refractivity contribution < 1.29 is 14.3 Å². The topological polar surface area (TPSA) is 84.7 Å². The quantitative estimate of drug-likeness (QED) is 0.288. The molecule has 0 unspecified atom stereocenters. The number of nitrogens with two attached hydrogens (primary N) is 1. The van der Waals surface area contributed by atoms with Gasteiger partial charge in [0.2, 0.25) is 0 Å². The summed E-state index contributed by atoms with van der Waals surface area (Å²) < 4.78 is 4.65. The fourth-order valence-electron chi connectivity index (χ4n) is 2.73. The summed E-state index contributed by atoms with van der Waals surface area (Å²) in [4.78, 5) is 23.9. The van der Waals surface area contributed by atoms with Crippen LogP contribution in [-0.2, 0) is 16.1 Å². The molecule has 0 atom stereocenters. The highest BCUT2D eigenvalue weighted by molar-refractivity contribution is 5.89. The van der Waals surface area contributed by atoms with E-state index in [1.165, 1.54) is 34.9 Å². The van der Waals surface area contributed by atoms with E-state index in [4.69, 9.17) is 5.84 Å². The lowest BCUT2D eigenvalue weighted by atomic mass is 9.89. The van der Waals surface area contributed by atoms with E-state index >= 15 is 0 Å². The van der Waals surface area contributed by atoms with E-state index in [1.807, 2.05) is 0 Å². The Hall–Kier alpha value is -2.34. The van der Waals surface area contributed by atoms with Gasteiger partial charge in [0.05, 0.1) is 12.7 Å². The second kappa shape index (κ2) is 8.16. The first-order chi connectivity index (χ1) is 11.5. The average Bonchev–Trinajstić information content (AvgIpc) is 2.61. The molecular formula is C19H29N3O3. The van der Waals surface area contributed by atoms with Crippen LogP contribution < -0.4 is 11.2 Å². The molecule has 0 aliphatic carbocycles. The zero-order valence-corrected chi connectivity index (χ0v) is 16.5. The molecular weight excluding hydrogens is 318 g/mol. The van der Waals surface area contributed by atoms with E-state index in [2.05, 4.69) is 44.7 Å². The lowest BCUT2D eigenvalue weighted by Gasteiger charge is -2.22. The van der Waals surface area contributed by atoms with E-state index in [-0.39, 0.29) is 5.57 Å². The standard InChI is InChI=1S/C19H29N3O3/c1-10-11(2)13(4)17(14(5)12(10)3)9-21-19(24)22(20)16(7)15(6)18(23)25-8/h9,20H2,1-8H3,(H,21,24)/b16-15-. The summed E-state index contributed by atoms with van der Waals surface area (Å²) in [6, 6.07) is -0.476. The number of hydrazine groups is 1. The van der Waals surface area contributed by atoms with Crippen LogP contribution in [0.2, 0.25) is 0 Å². The second-order valence-electron chi connectivity index (χ2n) is 6.33. The zero-order chi connectivity index (χ0) is 19.5. The van der Waals surface area contributed by atoms with Crippen LogP contribution in [-0.4, -0.2) is 24.1 Å². The Morgan fingerprint density at radius 3 is 1.84 bits per heavy atom. The van der Waals surface area contributed by atoms with Gasteiger partial charge in [0.1, 0.15) is 0 Å². The number of methoxy groups -OCH3 is 1. The first-order valence-corrected chi connectivity index (χ1v) is 8.18. The highest BCUT2D eigenvalue weighted by atomic mass is 16.5. The molecule has 0 heterocycles. The van der Waals surface area contributed by atoms with Gasteiger partial charge < -0.3 is 10.1 Å². The average molecular weight is 347 g/mol. The number of rotatable bonds is 4. The van der Waals surface area contributed by atoms with Crippen LogP contribution in [0, 0.1) is 34.6 Å². The monoisotopic (exact) mass is 347 g/mol. The molecule has 1 rings (SSSR count). The number of allylic oxidation sites excluding steroid dienone is 1. The highest BCUT2D eigenvalue weighted by Gasteiger charge is 2.18. The third-order valence-electron chi connectivity index (χ3n) is 5.19. The van der Waals surface area contributed by atoms with Crippen LogP contribution in [0.3, 0.4) is 0 Å². The fourth-order valence-corrected chi connectivity index (χ4v) is 2.73. The molecule has 6 heteroatoms. The van der Waals surface area contributed by atoms with E-state index in [1.54, 1.807) is 13.8 Å². The Morgan fingerprint density at radius 2 is 1.40 bits per heavy atom. The molecule has 0 spiro atoms. The van der Waals surface area contributed by atoms with Gasteiger partial charge in [0, 0.05) is 12.2 Å². The Morgan fingerprint density at radius 1 is 0.960 bits per heavy atom. The molecule has 0 aliphatic rings. The molecule has 0 aromatic heterocycles. The minimum Gasteiger partial charge on any atom is -0.466 e. The van der Waals surface area contributed by atoms with E-state index in [9.17, 15) is 9.59 Å². The second-order valence-corrected chi connectivity index (χ2v) is 6.33. The van der Waals surface area contributed by atoms with Gasteiger partial charge >= 0.3 is 12.0 Å². The molecule has 138 valence electrons. The maximum absolute atomic E-state index is 12.3. The van der Waals surface area contributed by atoms with Gasteiger partial charge in [-0.2, -0.15) is 0 Å². The summed E-state index contributed by atoms with van der Waals surface area (Å²) in [6.45, 7) is 13.9. The number of ether oxygens (including phenoxy) is 1. The number of carbonyl (C=O) groups excluding carboxylic acids is 2. The lowest BCUT2D eigenvalue weighted by Crippen LogP contribution is -2.44. The first kappa shape index (κ1) is 20.7. The van der Waals surface area contributed by atoms with Crippen molar-refractivity contribution in [2.45, 2.75) is 55.0 Å². The predicted molar refractivity (Wildman–Crippen MR) is 98.8 cm³/mol.